The van der Waals surface area contributed by atoms with Crippen LogP contribution in [0.5, 0.6) is 0 Å². The average molecular weight is 358 g/mol. The van der Waals surface area contributed by atoms with Crippen molar-refractivity contribution in [2.24, 2.45) is 11.8 Å². The van der Waals surface area contributed by atoms with Gasteiger partial charge in [-0.25, -0.2) is 4.98 Å². The van der Waals surface area contributed by atoms with E-state index < -0.39 is 0 Å². The minimum absolute atomic E-state index is 0.106. The van der Waals surface area contributed by atoms with Crippen molar-refractivity contribution in [2.45, 2.75) is 19.1 Å². The summed E-state index contributed by atoms with van der Waals surface area (Å²) in [6.07, 6.45) is 5.80. The number of likely N-dealkylation sites (tertiary alicyclic amines) is 1. The van der Waals surface area contributed by atoms with Crippen LogP contribution in [-0.4, -0.2) is 53.1 Å². The molecule has 25 heavy (non-hydrogen) atoms. The number of ether oxygens (including phenoxy) is 1. The molecule has 2 fully saturated rings. The second kappa shape index (κ2) is 7.59. The fraction of sp³-hybridized carbons (Fsp3) is 0.500. The number of amides is 1. The molecule has 2 aromatic rings. The zero-order valence-corrected chi connectivity index (χ0v) is 14.8. The fourth-order valence-electron chi connectivity index (χ4n) is 3.84. The Labute approximate surface area is 151 Å². The van der Waals surface area contributed by atoms with Crippen LogP contribution in [-0.2, 0) is 11.3 Å². The molecule has 0 aromatic carbocycles. The van der Waals surface area contributed by atoms with Gasteiger partial charge in [0.05, 0.1) is 18.9 Å². The Balaban J connectivity index is 1.28. The predicted octanol–water partition coefficient (Wildman–Crippen LogP) is 1.80. The summed E-state index contributed by atoms with van der Waals surface area (Å²) in [5, 5.41) is 5.08. The van der Waals surface area contributed by atoms with Gasteiger partial charge in [-0.15, -0.1) is 11.3 Å². The number of hydrogen-bond donors (Lipinski definition) is 1. The van der Waals surface area contributed by atoms with E-state index in [4.69, 9.17) is 4.74 Å². The van der Waals surface area contributed by atoms with Crippen LogP contribution in [0.3, 0.4) is 0 Å². The van der Waals surface area contributed by atoms with Gasteiger partial charge in [0.2, 0.25) is 0 Å². The first-order valence-corrected chi connectivity index (χ1v) is 9.58. The standard InChI is InChI=1S/C18H22N4O2S/c23-18(16-8-19-4-5-20-16)21-9-17-15-3-6-22(10-13(15)12-24-17)11-14-2-1-7-25-14/h1-2,4-5,7-8,13,15,17H,3,6,9-12H2,(H,21,23)/t13-,15-,17+/m0/s1. The molecule has 7 heteroatoms. The topological polar surface area (TPSA) is 67.3 Å². The molecule has 2 saturated heterocycles. The summed E-state index contributed by atoms with van der Waals surface area (Å²) in [6, 6.07) is 4.31. The molecule has 2 aliphatic heterocycles. The van der Waals surface area contributed by atoms with Crippen LogP contribution in [0.15, 0.2) is 36.1 Å². The monoisotopic (exact) mass is 358 g/mol. The lowest BCUT2D eigenvalue weighted by Crippen LogP contribution is -2.43. The van der Waals surface area contributed by atoms with Crippen molar-refractivity contribution in [3.05, 3.63) is 46.7 Å². The molecule has 0 aliphatic carbocycles. The smallest absolute Gasteiger partial charge is 0.271 e. The number of carbonyl (C=O) groups is 1. The van der Waals surface area contributed by atoms with Crippen LogP contribution in [0.1, 0.15) is 21.8 Å². The molecule has 4 rings (SSSR count). The van der Waals surface area contributed by atoms with Crippen LogP contribution in [0.4, 0.5) is 0 Å². The molecule has 0 unspecified atom stereocenters. The molecule has 1 N–H and O–H groups in total. The number of hydrogen-bond acceptors (Lipinski definition) is 6. The molecular formula is C18H22N4O2S. The van der Waals surface area contributed by atoms with Crippen molar-refractivity contribution < 1.29 is 9.53 Å². The van der Waals surface area contributed by atoms with Gasteiger partial charge in [-0.05, 0) is 30.3 Å². The third kappa shape index (κ3) is 3.89. The van der Waals surface area contributed by atoms with Crippen LogP contribution >= 0.6 is 11.3 Å². The van der Waals surface area contributed by atoms with Crippen molar-refractivity contribution in [3.8, 4) is 0 Å². The highest BCUT2D eigenvalue weighted by Crippen LogP contribution is 2.34. The van der Waals surface area contributed by atoms with E-state index in [1.54, 1.807) is 6.20 Å². The Morgan fingerprint density at radius 2 is 2.40 bits per heavy atom. The molecular weight excluding hydrogens is 336 g/mol. The maximum absolute atomic E-state index is 12.1. The molecule has 1 amide bonds. The minimum Gasteiger partial charge on any atom is -0.376 e. The van der Waals surface area contributed by atoms with Gasteiger partial charge >= 0.3 is 0 Å². The second-order valence-electron chi connectivity index (χ2n) is 6.70. The predicted molar refractivity (Wildman–Crippen MR) is 95.3 cm³/mol. The van der Waals surface area contributed by atoms with Crippen molar-refractivity contribution in [2.75, 3.05) is 26.2 Å². The summed E-state index contributed by atoms with van der Waals surface area (Å²) in [6.45, 7) is 4.54. The van der Waals surface area contributed by atoms with E-state index in [1.807, 2.05) is 11.3 Å². The highest BCUT2D eigenvalue weighted by molar-refractivity contribution is 7.09. The summed E-state index contributed by atoms with van der Waals surface area (Å²) < 4.78 is 5.99. The maximum atomic E-state index is 12.1. The molecule has 4 heterocycles. The Morgan fingerprint density at radius 1 is 1.44 bits per heavy atom. The van der Waals surface area contributed by atoms with Crippen LogP contribution in [0.25, 0.3) is 0 Å². The van der Waals surface area contributed by atoms with Crippen LogP contribution < -0.4 is 5.32 Å². The first-order valence-electron chi connectivity index (χ1n) is 8.70. The third-order valence-corrected chi connectivity index (χ3v) is 5.96. The van der Waals surface area contributed by atoms with Gasteiger partial charge < -0.3 is 10.1 Å². The highest BCUT2D eigenvalue weighted by atomic mass is 32.1. The SMILES string of the molecule is O=C(NC[C@H]1OC[C@@H]2CN(Cc3cccs3)CC[C@@H]21)c1cnccn1. The number of thiophene rings is 1. The first-order chi connectivity index (χ1) is 12.3. The number of carbonyl (C=O) groups excluding carboxylic acids is 1. The fourth-order valence-corrected chi connectivity index (χ4v) is 4.59. The first kappa shape index (κ1) is 16.6. The number of piperidine rings is 1. The Kier molecular flexibility index (Phi) is 5.05. The molecule has 6 nitrogen and oxygen atoms in total. The summed E-state index contributed by atoms with van der Waals surface area (Å²) in [7, 11) is 0. The Bertz CT molecular complexity index is 694. The van der Waals surface area contributed by atoms with Gasteiger partial charge in [0, 0.05) is 42.8 Å². The molecule has 132 valence electrons. The number of aromatic nitrogens is 2. The molecule has 2 aromatic heterocycles. The van der Waals surface area contributed by atoms with E-state index in [0.29, 0.717) is 24.1 Å². The Morgan fingerprint density at radius 3 is 3.20 bits per heavy atom. The van der Waals surface area contributed by atoms with E-state index in [9.17, 15) is 4.79 Å². The van der Waals surface area contributed by atoms with Gasteiger partial charge in [0.1, 0.15) is 5.69 Å². The number of fused-ring (bicyclic) bond motifs is 1. The summed E-state index contributed by atoms with van der Waals surface area (Å²) >= 11 is 1.82. The van der Waals surface area contributed by atoms with Crippen LogP contribution in [0, 0.1) is 11.8 Å². The van der Waals surface area contributed by atoms with Gasteiger partial charge in [-0.2, -0.15) is 0 Å². The van der Waals surface area contributed by atoms with Gasteiger partial charge in [-0.3, -0.25) is 14.7 Å². The molecule has 2 aliphatic rings. The molecule has 0 spiro atoms. The van der Waals surface area contributed by atoms with E-state index in [-0.39, 0.29) is 12.0 Å². The summed E-state index contributed by atoms with van der Waals surface area (Å²) in [5.41, 5.74) is 0.350. The van der Waals surface area contributed by atoms with Gasteiger partial charge in [-0.1, -0.05) is 6.07 Å². The van der Waals surface area contributed by atoms with Crippen molar-refractivity contribution in [1.82, 2.24) is 20.2 Å². The summed E-state index contributed by atoms with van der Waals surface area (Å²) in [4.78, 5) is 24.0. The third-order valence-electron chi connectivity index (χ3n) is 5.10. The molecule has 0 saturated carbocycles. The summed E-state index contributed by atoms with van der Waals surface area (Å²) in [5.74, 6) is 0.907. The van der Waals surface area contributed by atoms with Crippen molar-refractivity contribution >= 4 is 17.2 Å². The lowest BCUT2D eigenvalue weighted by Gasteiger charge is -2.35. The lowest BCUT2D eigenvalue weighted by molar-refractivity contribution is 0.0741. The number of nitrogens with one attached hydrogen (secondary N) is 1. The lowest BCUT2D eigenvalue weighted by atomic mass is 9.84. The number of rotatable bonds is 5. The van der Waals surface area contributed by atoms with Crippen molar-refractivity contribution in [3.63, 3.8) is 0 Å². The normalized spacial score (nSPS) is 26.3. The van der Waals surface area contributed by atoms with E-state index in [1.165, 1.54) is 17.3 Å². The highest BCUT2D eigenvalue weighted by Gasteiger charge is 2.40. The van der Waals surface area contributed by atoms with E-state index in [2.05, 4.69) is 37.7 Å². The number of nitrogens with zero attached hydrogens (tertiary/aromatic N) is 3. The quantitative estimate of drug-likeness (QED) is 0.883. The largest absolute Gasteiger partial charge is 0.376 e. The molecule has 0 bridgehead atoms. The average Bonchev–Trinajstić information content (AvgIpc) is 3.30. The maximum Gasteiger partial charge on any atom is 0.271 e. The zero-order chi connectivity index (χ0) is 17.1. The Hall–Kier alpha value is -1.83. The zero-order valence-electron chi connectivity index (χ0n) is 14.0. The second-order valence-corrected chi connectivity index (χ2v) is 7.73. The van der Waals surface area contributed by atoms with E-state index >= 15 is 0 Å². The molecule has 3 atom stereocenters. The van der Waals surface area contributed by atoms with Gasteiger partial charge in [0.15, 0.2) is 0 Å². The van der Waals surface area contributed by atoms with E-state index in [0.717, 1.165) is 32.7 Å². The van der Waals surface area contributed by atoms with Gasteiger partial charge in [0.25, 0.3) is 5.91 Å². The minimum atomic E-state index is -0.185. The molecule has 0 radical (unpaired) electrons. The van der Waals surface area contributed by atoms with Crippen molar-refractivity contribution in [1.29, 1.82) is 0 Å². The van der Waals surface area contributed by atoms with Crippen LogP contribution in [0.2, 0.25) is 0 Å².